The number of nitrogens with zero attached hydrogens (tertiary/aromatic N) is 4. The lowest BCUT2D eigenvalue weighted by atomic mass is 10.3. The Labute approximate surface area is 140 Å². The Balaban J connectivity index is 2.40. The summed E-state index contributed by atoms with van der Waals surface area (Å²) in [6, 6.07) is 7.25. The first kappa shape index (κ1) is 17.2. The van der Waals surface area contributed by atoms with Crippen LogP contribution in [0.25, 0.3) is 5.69 Å². The fourth-order valence-electron chi connectivity index (χ4n) is 2.17. The lowest BCUT2D eigenvalue weighted by Gasteiger charge is -2.17. The SMILES string of the molecule is C=CCN(CCO)C(=O)c1nc(CC)n(-c2ccccc2Cl)n1. The summed E-state index contributed by atoms with van der Waals surface area (Å²) in [7, 11) is 0. The molecule has 1 aromatic heterocycles. The number of rotatable bonds is 7. The molecule has 0 aliphatic carbocycles. The van der Waals surface area contributed by atoms with Crippen LogP contribution in [0.3, 0.4) is 0 Å². The average molecular weight is 335 g/mol. The average Bonchev–Trinajstić information content (AvgIpc) is 2.98. The maximum atomic E-state index is 12.5. The van der Waals surface area contributed by atoms with Crippen LogP contribution in [0.15, 0.2) is 36.9 Å². The second-order valence-corrected chi connectivity index (χ2v) is 5.24. The molecule has 0 bridgehead atoms. The zero-order valence-electron chi connectivity index (χ0n) is 12.9. The smallest absolute Gasteiger partial charge is 0.293 e. The first-order valence-corrected chi connectivity index (χ1v) is 7.72. The number of aliphatic hydroxyl groups is 1. The highest BCUT2D eigenvalue weighted by atomic mass is 35.5. The minimum absolute atomic E-state index is 0.0806. The number of aromatic nitrogens is 3. The number of halogens is 1. The third kappa shape index (κ3) is 3.78. The van der Waals surface area contributed by atoms with Crippen molar-refractivity contribution in [2.24, 2.45) is 0 Å². The van der Waals surface area contributed by atoms with Crippen molar-refractivity contribution < 1.29 is 9.90 Å². The van der Waals surface area contributed by atoms with Gasteiger partial charge in [0.05, 0.1) is 17.3 Å². The van der Waals surface area contributed by atoms with Gasteiger partial charge < -0.3 is 10.0 Å². The van der Waals surface area contributed by atoms with Crippen LogP contribution in [0.4, 0.5) is 0 Å². The molecule has 0 aliphatic heterocycles. The molecule has 0 radical (unpaired) electrons. The van der Waals surface area contributed by atoms with Crippen molar-refractivity contribution in [3.05, 3.63) is 53.6 Å². The molecule has 23 heavy (non-hydrogen) atoms. The van der Waals surface area contributed by atoms with Crippen molar-refractivity contribution in [2.45, 2.75) is 13.3 Å². The second kappa shape index (κ2) is 7.89. The maximum Gasteiger partial charge on any atom is 0.293 e. The van der Waals surface area contributed by atoms with Crippen LogP contribution in [-0.4, -0.2) is 50.4 Å². The maximum absolute atomic E-state index is 12.5. The van der Waals surface area contributed by atoms with Crippen LogP contribution in [0.1, 0.15) is 23.4 Å². The Bertz CT molecular complexity index is 699. The van der Waals surface area contributed by atoms with E-state index in [1.165, 1.54) is 4.90 Å². The number of hydrogen-bond donors (Lipinski definition) is 1. The summed E-state index contributed by atoms with van der Waals surface area (Å²) < 4.78 is 1.58. The third-order valence-electron chi connectivity index (χ3n) is 3.27. The first-order chi connectivity index (χ1) is 11.1. The van der Waals surface area contributed by atoms with Gasteiger partial charge >= 0.3 is 0 Å². The number of amides is 1. The van der Waals surface area contributed by atoms with E-state index in [1.54, 1.807) is 16.8 Å². The highest BCUT2D eigenvalue weighted by molar-refractivity contribution is 6.32. The summed E-state index contributed by atoms with van der Waals surface area (Å²) in [4.78, 5) is 18.3. The first-order valence-electron chi connectivity index (χ1n) is 7.34. The second-order valence-electron chi connectivity index (χ2n) is 4.83. The zero-order valence-corrected chi connectivity index (χ0v) is 13.7. The van der Waals surface area contributed by atoms with Crippen LogP contribution in [0, 0.1) is 0 Å². The van der Waals surface area contributed by atoms with Gasteiger partial charge in [-0.1, -0.05) is 36.7 Å². The summed E-state index contributed by atoms with van der Waals surface area (Å²) in [5, 5.41) is 13.9. The minimum atomic E-state index is -0.348. The molecule has 0 spiro atoms. The Kier molecular flexibility index (Phi) is 5.90. The van der Waals surface area contributed by atoms with Gasteiger partial charge in [0.25, 0.3) is 5.91 Å². The molecule has 2 rings (SSSR count). The van der Waals surface area contributed by atoms with E-state index in [-0.39, 0.29) is 24.9 Å². The fraction of sp³-hybridized carbons (Fsp3) is 0.312. The molecule has 0 fully saturated rings. The lowest BCUT2D eigenvalue weighted by Crippen LogP contribution is -2.34. The highest BCUT2D eigenvalue weighted by Crippen LogP contribution is 2.21. The van der Waals surface area contributed by atoms with Crippen molar-refractivity contribution in [1.82, 2.24) is 19.7 Å². The summed E-state index contributed by atoms with van der Waals surface area (Å²) >= 11 is 6.21. The molecule has 2 aromatic rings. The van der Waals surface area contributed by atoms with Gasteiger partial charge in [-0.15, -0.1) is 11.7 Å². The number of aryl methyl sites for hydroxylation is 1. The van der Waals surface area contributed by atoms with Crippen LogP contribution < -0.4 is 0 Å². The molecule has 1 N–H and O–H groups in total. The number of carbonyl (C=O) groups excluding carboxylic acids is 1. The van der Waals surface area contributed by atoms with Gasteiger partial charge in [-0.25, -0.2) is 9.67 Å². The zero-order chi connectivity index (χ0) is 16.8. The number of aliphatic hydroxyl groups excluding tert-OH is 1. The Morgan fingerprint density at radius 2 is 2.22 bits per heavy atom. The number of hydrogen-bond acceptors (Lipinski definition) is 4. The Morgan fingerprint density at radius 1 is 1.48 bits per heavy atom. The van der Waals surface area contributed by atoms with E-state index in [1.807, 2.05) is 25.1 Å². The van der Waals surface area contributed by atoms with E-state index in [2.05, 4.69) is 16.7 Å². The lowest BCUT2D eigenvalue weighted by molar-refractivity contribution is 0.0730. The van der Waals surface area contributed by atoms with Crippen molar-refractivity contribution in [3.8, 4) is 5.69 Å². The van der Waals surface area contributed by atoms with Gasteiger partial charge in [-0.2, -0.15) is 0 Å². The summed E-state index contributed by atoms with van der Waals surface area (Å²) in [5.41, 5.74) is 0.676. The van der Waals surface area contributed by atoms with E-state index in [0.717, 1.165) is 0 Å². The van der Waals surface area contributed by atoms with E-state index in [4.69, 9.17) is 16.7 Å². The molecule has 0 saturated carbocycles. The van der Waals surface area contributed by atoms with Crippen molar-refractivity contribution >= 4 is 17.5 Å². The number of carbonyl (C=O) groups is 1. The molecule has 1 aromatic carbocycles. The van der Waals surface area contributed by atoms with Gasteiger partial charge in [-0.3, -0.25) is 4.79 Å². The van der Waals surface area contributed by atoms with Gasteiger partial charge in [-0.05, 0) is 12.1 Å². The fourth-order valence-corrected chi connectivity index (χ4v) is 2.39. The standard InChI is InChI=1S/C16H19ClN4O2/c1-3-9-20(10-11-22)16(23)15-18-14(4-2)21(19-15)13-8-6-5-7-12(13)17/h3,5-8,22H,1,4,9-11H2,2H3. The topological polar surface area (TPSA) is 71.2 Å². The molecule has 0 unspecified atom stereocenters. The molecule has 0 saturated heterocycles. The quantitative estimate of drug-likeness (QED) is 0.787. The van der Waals surface area contributed by atoms with Crippen LogP contribution in [-0.2, 0) is 6.42 Å². The summed E-state index contributed by atoms with van der Waals surface area (Å²) in [6.07, 6.45) is 2.20. The number of para-hydroxylation sites is 1. The molecule has 0 atom stereocenters. The Morgan fingerprint density at radius 3 is 2.83 bits per heavy atom. The molecule has 6 nitrogen and oxygen atoms in total. The van der Waals surface area contributed by atoms with Crippen molar-refractivity contribution in [3.63, 3.8) is 0 Å². The molecule has 122 valence electrons. The predicted molar refractivity (Wildman–Crippen MR) is 88.9 cm³/mol. The third-order valence-corrected chi connectivity index (χ3v) is 3.59. The largest absolute Gasteiger partial charge is 0.395 e. The molecule has 0 aliphatic rings. The molecule has 1 amide bonds. The van der Waals surface area contributed by atoms with Gasteiger partial charge in [0, 0.05) is 19.5 Å². The highest BCUT2D eigenvalue weighted by Gasteiger charge is 2.22. The molecule has 7 heteroatoms. The summed E-state index contributed by atoms with van der Waals surface area (Å²) in [6.45, 7) is 5.94. The Hall–Kier alpha value is -2.18. The minimum Gasteiger partial charge on any atom is -0.395 e. The summed E-state index contributed by atoms with van der Waals surface area (Å²) in [5.74, 6) is 0.375. The van der Waals surface area contributed by atoms with Crippen LogP contribution in [0.5, 0.6) is 0 Å². The van der Waals surface area contributed by atoms with Crippen molar-refractivity contribution in [2.75, 3.05) is 19.7 Å². The van der Waals surface area contributed by atoms with E-state index in [0.29, 0.717) is 29.5 Å². The predicted octanol–water partition coefficient (Wildman–Crippen LogP) is 2.10. The monoisotopic (exact) mass is 334 g/mol. The molecule has 1 heterocycles. The van der Waals surface area contributed by atoms with E-state index >= 15 is 0 Å². The van der Waals surface area contributed by atoms with Crippen LogP contribution in [0.2, 0.25) is 5.02 Å². The van der Waals surface area contributed by atoms with Gasteiger partial charge in [0.1, 0.15) is 5.82 Å². The normalized spacial score (nSPS) is 10.6. The number of benzene rings is 1. The van der Waals surface area contributed by atoms with Crippen LogP contribution >= 0.6 is 11.6 Å². The molecular weight excluding hydrogens is 316 g/mol. The van der Waals surface area contributed by atoms with E-state index < -0.39 is 0 Å². The molecular formula is C16H19ClN4O2. The van der Waals surface area contributed by atoms with Gasteiger partial charge in [0.15, 0.2) is 0 Å². The van der Waals surface area contributed by atoms with Gasteiger partial charge in [0.2, 0.25) is 5.82 Å². The van der Waals surface area contributed by atoms with Crippen molar-refractivity contribution in [1.29, 1.82) is 0 Å². The van der Waals surface area contributed by atoms with E-state index in [9.17, 15) is 4.79 Å².